The quantitative estimate of drug-likeness (QED) is 0.420. The molecular weight excluding hydrogens is 452 g/mol. The van der Waals surface area contributed by atoms with Gasteiger partial charge in [-0.05, 0) is 89.3 Å². The van der Waals surface area contributed by atoms with Crippen molar-refractivity contribution in [3.63, 3.8) is 0 Å². The van der Waals surface area contributed by atoms with Crippen LogP contribution in [0.1, 0.15) is 71.4 Å². The maximum Gasteiger partial charge on any atom is 0.209 e. The molecule has 0 radical (unpaired) electrons. The molecule has 2 aromatic carbocycles. The van der Waals surface area contributed by atoms with E-state index in [4.69, 9.17) is 10.5 Å². The van der Waals surface area contributed by atoms with Crippen molar-refractivity contribution in [1.82, 2.24) is 0 Å². The minimum Gasteiger partial charge on any atom is -0.460 e. The van der Waals surface area contributed by atoms with Crippen LogP contribution in [0.25, 0.3) is 0 Å². The Labute approximate surface area is 222 Å². The summed E-state index contributed by atoms with van der Waals surface area (Å²) in [6, 6.07) is 17.2. The first kappa shape index (κ1) is 25.5. The minimum absolute atomic E-state index is 0.0334. The van der Waals surface area contributed by atoms with E-state index in [9.17, 15) is 0 Å². The third-order valence-electron chi connectivity index (χ3n) is 8.52. The Kier molecular flexibility index (Phi) is 6.85. The molecule has 37 heavy (non-hydrogen) atoms. The lowest BCUT2D eigenvalue weighted by Crippen LogP contribution is -2.28. The number of nitrogens with two attached hydrogens (primary N) is 1. The van der Waals surface area contributed by atoms with E-state index in [2.05, 4.69) is 106 Å². The summed E-state index contributed by atoms with van der Waals surface area (Å²) in [5.74, 6) is 2.00. The van der Waals surface area contributed by atoms with E-state index < -0.39 is 0 Å². The van der Waals surface area contributed by atoms with Crippen LogP contribution in [-0.4, -0.2) is 23.4 Å². The Morgan fingerprint density at radius 1 is 0.892 bits per heavy atom. The van der Waals surface area contributed by atoms with Gasteiger partial charge in [0.1, 0.15) is 11.5 Å². The number of rotatable bonds is 6. The van der Waals surface area contributed by atoms with Gasteiger partial charge in [0.25, 0.3) is 0 Å². The molecule has 3 aliphatic rings. The summed E-state index contributed by atoms with van der Waals surface area (Å²) in [6.45, 7) is 13.1. The topological polar surface area (TPSA) is 38.3 Å². The molecule has 0 saturated heterocycles. The minimum atomic E-state index is -0.116. The van der Waals surface area contributed by atoms with Gasteiger partial charge in [0.05, 0.1) is 10.8 Å². The molecule has 2 heterocycles. The fraction of sp³-hybridized carbons (Fsp3) is 0.382. The van der Waals surface area contributed by atoms with Crippen molar-refractivity contribution < 1.29 is 9.31 Å². The lowest BCUT2D eigenvalue weighted by Gasteiger charge is -2.20. The Morgan fingerprint density at radius 2 is 1.62 bits per heavy atom. The van der Waals surface area contributed by atoms with E-state index in [1.54, 1.807) is 0 Å². The molecule has 0 saturated carbocycles. The van der Waals surface area contributed by atoms with Crippen LogP contribution in [0.3, 0.4) is 0 Å². The lowest BCUT2D eigenvalue weighted by atomic mass is 9.80. The third-order valence-corrected chi connectivity index (χ3v) is 8.52. The molecular formula is C34H41N2O+. The number of hydrogen-bond acceptors (Lipinski definition) is 2. The molecule has 0 spiro atoms. The molecule has 192 valence electrons. The standard InChI is InChI=1S/C34H41N2O/c1-24-25(18-20-31-33(2,3)27-14-6-8-16-29(27)36(31)23-11-22-35)12-10-13-26(24)19-21-32-34(4,5)28-15-7-9-17-30(28)37-32/h6-9,14-21H,10-13,22-23,35H2,1-5H3/q+1/b20-18+,26-19+,32-21+. The second kappa shape index (κ2) is 9.95. The van der Waals surface area contributed by atoms with E-state index in [-0.39, 0.29) is 10.8 Å². The van der Waals surface area contributed by atoms with Gasteiger partial charge in [-0.25, -0.2) is 0 Å². The number of ether oxygens (including phenoxy) is 1. The predicted molar refractivity (Wildman–Crippen MR) is 155 cm³/mol. The van der Waals surface area contributed by atoms with Crippen LogP contribution in [-0.2, 0) is 10.8 Å². The molecule has 0 fully saturated rings. The Balaban J connectivity index is 1.45. The predicted octanol–water partition coefficient (Wildman–Crippen LogP) is 7.65. The first-order valence-electron chi connectivity index (χ1n) is 13.8. The number of hydrogen-bond donors (Lipinski definition) is 1. The summed E-state index contributed by atoms with van der Waals surface area (Å²) >= 11 is 0. The monoisotopic (exact) mass is 493 g/mol. The Hall–Kier alpha value is -3.17. The number of benzene rings is 2. The van der Waals surface area contributed by atoms with Crippen LogP contribution in [0, 0.1) is 0 Å². The molecule has 0 amide bonds. The van der Waals surface area contributed by atoms with Crippen molar-refractivity contribution in [1.29, 1.82) is 0 Å². The van der Waals surface area contributed by atoms with Gasteiger partial charge in [-0.3, -0.25) is 0 Å². The lowest BCUT2D eigenvalue weighted by molar-refractivity contribution is -0.437. The summed E-state index contributed by atoms with van der Waals surface area (Å²) < 4.78 is 8.74. The van der Waals surface area contributed by atoms with E-state index >= 15 is 0 Å². The zero-order valence-electron chi connectivity index (χ0n) is 23.1. The van der Waals surface area contributed by atoms with E-state index in [0.717, 1.165) is 37.3 Å². The summed E-state index contributed by atoms with van der Waals surface area (Å²) in [4.78, 5) is 0. The molecule has 3 nitrogen and oxygen atoms in total. The second-order valence-corrected chi connectivity index (χ2v) is 11.6. The largest absolute Gasteiger partial charge is 0.460 e. The van der Waals surface area contributed by atoms with Crippen LogP contribution in [0.15, 0.2) is 95.3 Å². The zero-order valence-corrected chi connectivity index (χ0v) is 23.1. The summed E-state index contributed by atoms with van der Waals surface area (Å²) in [6.07, 6.45) is 13.6. The SMILES string of the molecule is CC1=C(/C=C/C2=[N+](CCCN)c3ccccc3C2(C)C)CCC/C1=C\C=C1\Oc2ccccc2C1(C)C. The van der Waals surface area contributed by atoms with E-state index in [1.807, 2.05) is 6.07 Å². The van der Waals surface area contributed by atoms with Gasteiger partial charge in [-0.15, -0.1) is 0 Å². The molecule has 1 aliphatic carbocycles. The van der Waals surface area contributed by atoms with Crippen LogP contribution in [0.2, 0.25) is 0 Å². The van der Waals surface area contributed by atoms with Gasteiger partial charge < -0.3 is 10.5 Å². The van der Waals surface area contributed by atoms with Crippen molar-refractivity contribution in [2.75, 3.05) is 13.1 Å². The van der Waals surface area contributed by atoms with Crippen molar-refractivity contribution in [2.24, 2.45) is 5.73 Å². The van der Waals surface area contributed by atoms with E-state index in [1.165, 1.54) is 45.7 Å². The smallest absolute Gasteiger partial charge is 0.209 e. The van der Waals surface area contributed by atoms with Gasteiger partial charge in [0.15, 0.2) is 12.3 Å². The summed E-state index contributed by atoms with van der Waals surface area (Å²) in [5, 5.41) is 0. The van der Waals surface area contributed by atoms with Crippen molar-refractivity contribution in [3.05, 3.63) is 106 Å². The highest BCUT2D eigenvalue weighted by molar-refractivity contribution is 6.03. The number of fused-ring (bicyclic) bond motifs is 2. The van der Waals surface area contributed by atoms with Gasteiger partial charge in [-0.1, -0.05) is 48.6 Å². The highest BCUT2D eigenvalue weighted by atomic mass is 16.5. The molecule has 2 aliphatic heterocycles. The average Bonchev–Trinajstić information content (AvgIpc) is 3.27. The Morgan fingerprint density at radius 3 is 2.38 bits per heavy atom. The van der Waals surface area contributed by atoms with Crippen molar-refractivity contribution in [3.8, 4) is 5.75 Å². The molecule has 2 N–H and O–H groups in total. The number of allylic oxidation sites excluding steroid dienone is 8. The maximum atomic E-state index is 6.26. The molecule has 5 rings (SSSR count). The van der Waals surface area contributed by atoms with Crippen molar-refractivity contribution in [2.45, 2.75) is 71.1 Å². The van der Waals surface area contributed by atoms with Crippen LogP contribution in [0.4, 0.5) is 5.69 Å². The molecule has 3 heteroatoms. The molecule has 0 atom stereocenters. The van der Waals surface area contributed by atoms with Crippen LogP contribution >= 0.6 is 0 Å². The highest BCUT2D eigenvalue weighted by Gasteiger charge is 2.43. The zero-order chi connectivity index (χ0) is 26.2. The molecule has 0 bridgehead atoms. The Bertz CT molecular complexity index is 1360. The molecule has 2 aromatic rings. The first-order chi connectivity index (χ1) is 17.7. The summed E-state index contributed by atoms with van der Waals surface area (Å²) in [7, 11) is 0. The third kappa shape index (κ3) is 4.55. The number of nitrogens with zero attached hydrogens (tertiary/aromatic N) is 1. The summed E-state index contributed by atoms with van der Waals surface area (Å²) in [5.41, 5.74) is 15.3. The fourth-order valence-corrected chi connectivity index (χ4v) is 6.15. The molecule has 0 aromatic heterocycles. The average molecular weight is 494 g/mol. The normalized spacial score (nSPS) is 22.2. The van der Waals surface area contributed by atoms with Gasteiger partial charge in [0.2, 0.25) is 5.69 Å². The van der Waals surface area contributed by atoms with Gasteiger partial charge >= 0.3 is 0 Å². The fourth-order valence-electron chi connectivity index (χ4n) is 6.15. The van der Waals surface area contributed by atoms with Gasteiger partial charge in [-0.2, -0.15) is 4.58 Å². The molecule has 0 unspecified atom stereocenters. The van der Waals surface area contributed by atoms with Crippen LogP contribution in [0.5, 0.6) is 5.75 Å². The first-order valence-corrected chi connectivity index (χ1v) is 13.8. The van der Waals surface area contributed by atoms with Crippen LogP contribution < -0.4 is 10.5 Å². The van der Waals surface area contributed by atoms with E-state index in [0.29, 0.717) is 6.54 Å². The van der Waals surface area contributed by atoms with Crippen molar-refractivity contribution >= 4 is 11.4 Å². The second-order valence-electron chi connectivity index (χ2n) is 11.6. The number of para-hydroxylation sites is 2. The maximum absolute atomic E-state index is 6.26. The van der Waals surface area contributed by atoms with Gasteiger partial charge in [0, 0.05) is 29.7 Å². The highest BCUT2D eigenvalue weighted by Crippen LogP contribution is 2.45.